The van der Waals surface area contributed by atoms with Crippen LogP contribution in [0.1, 0.15) is 18.9 Å². The van der Waals surface area contributed by atoms with E-state index in [1.165, 1.54) is 16.4 Å². The Bertz CT molecular complexity index is 753. The zero-order chi connectivity index (χ0) is 18.0. The molecule has 1 aromatic rings. The maximum atomic E-state index is 13.1. The summed E-state index contributed by atoms with van der Waals surface area (Å²) in [6, 6.07) is 4.34. The van der Waals surface area contributed by atoms with Crippen molar-refractivity contribution in [1.29, 1.82) is 0 Å². The maximum Gasteiger partial charge on any atom is 0.270 e. The van der Waals surface area contributed by atoms with Crippen LogP contribution >= 0.6 is 12.4 Å². The van der Waals surface area contributed by atoms with E-state index in [9.17, 15) is 18.5 Å². The fourth-order valence-corrected chi connectivity index (χ4v) is 5.41. The van der Waals surface area contributed by atoms with Gasteiger partial charge in [-0.1, -0.05) is 13.0 Å². The van der Waals surface area contributed by atoms with E-state index in [0.717, 1.165) is 32.6 Å². The number of nitro groups is 1. The molecule has 146 valence electrons. The second-order valence-corrected chi connectivity index (χ2v) is 8.40. The van der Waals surface area contributed by atoms with Gasteiger partial charge in [0.1, 0.15) is 0 Å². The number of nitrogens with one attached hydrogen (secondary N) is 1. The summed E-state index contributed by atoms with van der Waals surface area (Å²) in [6.45, 7) is 6.47. The van der Waals surface area contributed by atoms with E-state index in [2.05, 4.69) is 10.2 Å². The second-order valence-electron chi connectivity index (χ2n) is 6.49. The van der Waals surface area contributed by atoms with Gasteiger partial charge in [-0.25, -0.2) is 8.42 Å². The Morgan fingerprint density at radius 1 is 1.27 bits per heavy atom. The summed E-state index contributed by atoms with van der Waals surface area (Å²) in [5.41, 5.74) is 0.435. The van der Waals surface area contributed by atoms with Crippen molar-refractivity contribution in [3.8, 4) is 0 Å². The molecule has 0 aromatic heterocycles. The fourth-order valence-electron chi connectivity index (χ4n) is 3.60. The number of hydrogen-bond acceptors (Lipinski definition) is 6. The van der Waals surface area contributed by atoms with Gasteiger partial charge in [0.05, 0.1) is 9.82 Å². The third-order valence-electron chi connectivity index (χ3n) is 5.05. The van der Waals surface area contributed by atoms with Crippen molar-refractivity contribution in [1.82, 2.24) is 14.5 Å². The Kier molecular flexibility index (Phi) is 6.98. The highest BCUT2D eigenvalue weighted by Gasteiger charge is 2.36. The lowest BCUT2D eigenvalue weighted by atomic mass is 10.1. The molecule has 1 aromatic carbocycles. The highest BCUT2D eigenvalue weighted by molar-refractivity contribution is 7.89. The Balaban J connectivity index is 0.00000243. The van der Waals surface area contributed by atoms with Crippen LogP contribution in [0.5, 0.6) is 0 Å². The number of nitro benzene ring substituents is 1. The second kappa shape index (κ2) is 8.62. The lowest BCUT2D eigenvalue weighted by Gasteiger charge is -2.32. The summed E-state index contributed by atoms with van der Waals surface area (Å²) in [6.07, 6.45) is 1.32. The van der Waals surface area contributed by atoms with Crippen LogP contribution in [0.3, 0.4) is 0 Å². The zero-order valence-corrected chi connectivity index (χ0v) is 16.4. The number of benzene rings is 1. The molecule has 2 aliphatic heterocycles. The van der Waals surface area contributed by atoms with Crippen molar-refractivity contribution in [2.45, 2.75) is 30.7 Å². The number of aryl methyl sites for hydroxylation is 1. The number of nitrogens with zero attached hydrogens (tertiary/aromatic N) is 3. The summed E-state index contributed by atoms with van der Waals surface area (Å²) in [7, 11) is -3.72. The quantitative estimate of drug-likeness (QED) is 0.586. The smallest absolute Gasteiger partial charge is 0.270 e. The molecule has 2 fully saturated rings. The molecule has 0 bridgehead atoms. The molecule has 2 heterocycles. The topological polar surface area (TPSA) is 95.8 Å². The van der Waals surface area contributed by atoms with Crippen molar-refractivity contribution < 1.29 is 13.3 Å². The standard InChI is InChI=1S/C16H24N4O4S.ClH/c1-2-13-3-4-14(20(21)22)11-16(13)25(23,24)19-8-5-15(12-19)18-9-6-17-7-10-18;/h3-4,11,15,17H,2,5-10,12H2,1H3;1H. The van der Waals surface area contributed by atoms with Crippen LogP contribution in [0.15, 0.2) is 23.1 Å². The molecule has 0 spiro atoms. The molecule has 0 aliphatic carbocycles. The third kappa shape index (κ3) is 4.17. The van der Waals surface area contributed by atoms with E-state index in [1.54, 1.807) is 6.07 Å². The Morgan fingerprint density at radius 3 is 2.58 bits per heavy atom. The maximum absolute atomic E-state index is 13.1. The van der Waals surface area contributed by atoms with Gasteiger partial charge in [0.15, 0.2) is 0 Å². The van der Waals surface area contributed by atoms with E-state index >= 15 is 0 Å². The largest absolute Gasteiger partial charge is 0.314 e. The number of piperazine rings is 1. The molecule has 0 radical (unpaired) electrons. The first-order valence-corrected chi connectivity index (χ1v) is 10.1. The van der Waals surface area contributed by atoms with Crippen LogP contribution in [-0.2, 0) is 16.4 Å². The van der Waals surface area contributed by atoms with Gasteiger partial charge in [-0.15, -0.1) is 12.4 Å². The van der Waals surface area contributed by atoms with Crippen LogP contribution in [-0.4, -0.2) is 67.9 Å². The minimum atomic E-state index is -3.72. The Morgan fingerprint density at radius 2 is 1.96 bits per heavy atom. The van der Waals surface area contributed by atoms with Gasteiger partial charge in [0, 0.05) is 57.4 Å². The van der Waals surface area contributed by atoms with Crippen molar-refractivity contribution >= 4 is 28.1 Å². The van der Waals surface area contributed by atoms with Gasteiger partial charge in [0.25, 0.3) is 5.69 Å². The fraction of sp³-hybridized carbons (Fsp3) is 0.625. The van der Waals surface area contributed by atoms with Crippen LogP contribution in [0, 0.1) is 10.1 Å². The van der Waals surface area contributed by atoms with Gasteiger partial charge in [-0.05, 0) is 18.4 Å². The number of rotatable bonds is 5. The minimum Gasteiger partial charge on any atom is -0.314 e. The summed E-state index contributed by atoms with van der Waals surface area (Å²) in [5, 5.41) is 14.3. The van der Waals surface area contributed by atoms with Gasteiger partial charge in [0.2, 0.25) is 10.0 Å². The number of hydrogen-bond donors (Lipinski definition) is 1. The van der Waals surface area contributed by atoms with Crippen LogP contribution < -0.4 is 5.32 Å². The molecule has 3 rings (SSSR count). The molecular formula is C16H25ClN4O4S. The molecule has 26 heavy (non-hydrogen) atoms. The third-order valence-corrected chi connectivity index (χ3v) is 7.00. The van der Waals surface area contributed by atoms with Crippen molar-refractivity contribution in [3.63, 3.8) is 0 Å². The van der Waals surface area contributed by atoms with Crippen molar-refractivity contribution in [2.24, 2.45) is 0 Å². The molecule has 0 saturated carbocycles. The van der Waals surface area contributed by atoms with E-state index in [0.29, 0.717) is 25.1 Å². The Hall–Kier alpha value is -1.26. The summed E-state index contributed by atoms with van der Waals surface area (Å²) in [5.74, 6) is 0. The number of non-ortho nitro benzene ring substituents is 1. The van der Waals surface area contributed by atoms with Gasteiger partial charge in [-0.3, -0.25) is 15.0 Å². The molecule has 0 amide bonds. The number of sulfonamides is 1. The average Bonchev–Trinajstić information content (AvgIpc) is 3.13. The first-order chi connectivity index (χ1) is 11.9. The summed E-state index contributed by atoms with van der Waals surface area (Å²) >= 11 is 0. The van der Waals surface area contributed by atoms with Crippen molar-refractivity contribution in [2.75, 3.05) is 39.3 Å². The molecule has 8 nitrogen and oxygen atoms in total. The monoisotopic (exact) mass is 404 g/mol. The SMILES string of the molecule is CCc1ccc([N+](=O)[O-])cc1S(=O)(=O)N1CCC(N2CCNCC2)C1.Cl. The molecule has 1 unspecified atom stereocenters. The highest BCUT2D eigenvalue weighted by Crippen LogP contribution is 2.29. The average molecular weight is 405 g/mol. The van der Waals surface area contributed by atoms with Crippen molar-refractivity contribution in [3.05, 3.63) is 33.9 Å². The van der Waals surface area contributed by atoms with E-state index in [1.807, 2.05) is 6.92 Å². The van der Waals surface area contributed by atoms with Gasteiger partial charge in [-0.2, -0.15) is 4.31 Å². The first kappa shape index (κ1) is 21.0. The van der Waals surface area contributed by atoms with E-state index in [-0.39, 0.29) is 29.0 Å². The normalized spacial score (nSPS) is 22.1. The lowest BCUT2D eigenvalue weighted by molar-refractivity contribution is -0.385. The molecule has 2 saturated heterocycles. The van der Waals surface area contributed by atoms with Gasteiger partial charge >= 0.3 is 0 Å². The van der Waals surface area contributed by atoms with E-state index < -0.39 is 14.9 Å². The molecular weight excluding hydrogens is 380 g/mol. The highest BCUT2D eigenvalue weighted by atomic mass is 35.5. The zero-order valence-electron chi connectivity index (χ0n) is 14.8. The Labute approximate surface area is 160 Å². The van der Waals surface area contributed by atoms with E-state index in [4.69, 9.17) is 0 Å². The minimum absolute atomic E-state index is 0. The molecule has 10 heteroatoms. The van der Waals surface area contributed by atoms with Crippen LogP contribution in [0.2, 0.25) is 0 Å². The molecule has 2 aliphatic rings. The summed E-state index contributed by atoms with van der Waals surface area (Å²) in [4.78, 5) is 12.9. The van der Waals surface area contributed by atoms with Gasteiger partial charge < -0.3 is 5.32 Å². The molecule has 1 N–H and O–H groups in total. The van der Waals surface area contributed by atoms with Crippen LogP contribution in [0.4, 0.5) is 5.69 Å². The summed E-state index contributed by atoms with van der Waals surface area (Å²) < 4.78 is 27.7. The first-order valence-electron chi connectivity index (χ1n) is 8.65. The number of halogens is 1. The molecule has 1 atom stereocenters. The predicted octanol–water partition coefficient (Wildman–Crippen LogP) is 1.25. The lowest BCUT2D eigenvalue weighted by Crippen LogP contribution is -2.49. The predicted molar refractivity (Wildman–Crippen MR) is 101 cm³/mol. The van der Waals surface area contributed by atoms with Crippen LogP contribution in [0.25, 0.3) is 0 Å².